The maximum absolute atomic E-state index is 5.86. The number of ether oxygens (including phenoxy) is 1. The summed E-state index contributed by atoms with van der Waals surface area (Å²) in [7, 11) is 0. The second-order valence-electron chi connectivity index (χ2n) is 6.46. The monoisotopic (exact) mass is 427 g/mol. The minimum absolute atomic E-state index is 0.190. The van der Waals surface area contributed by atoms with Gasteiger partial charge in [0, 0.05) is 16.3 Å². The minimum Gasteiger partial charge on any atom is -0.484 e. The van der Waals surface area contributed by atoms with Crippen LogP contribution in [0.2, 0.25) is 5.02 Å². The van der Waals surface area contributed by atoms with Gasteiger partial charge in [-0.1, -0.05) is 41.1 Å². The van der Waals surface area contributed by atoms with E-state index in [1.165, 1.54) is 17.3 Å². The molecule has 0 aliphatic heterocycles. The maximum Gasteiger partial charge on any atom is 0.277 e. The molecule has 0 bridgehead atoms. The standard InChI is InChI=1S/C21H18ClN3O3S/c1-13-3-8-18(14(2)9-13)20-23-16(10-27-20)12-29-21-25-24-19(28-21)11-26-17-6-4-15(22)5-7-17/h3-10H,11-12H2,1-2H3. The molecule has 0 fully saturated rings. The first-order chi connectivity index (χ1) is 14.1. The summed E-state index contributed by atoms with van der Waals surface area (Å²) in [4.78, 5) is 4.56. The lowest BCUT2D eigenvalue weighted by Crippen LogP contribution is -1.95. The van der Waals surface area contributed by atoms with Gasteiger partial charge in [-0.15, -0.1) is 10.2 Å². The summed E-state index contributed by atoms with van der Waals surface area (Å²) in [5.41, 5.74) is 4.14. The second-order valence-corrected chi connectivity index (χ2v) is 7.82. The molecule has 0 spiro atoms. The van der Waals surface area contributed by atoms with E-state index in [0.29, 0.717) is 33.5 Å². The normalized spacial score (nSPS) is 11.0. The number of hydrogen-bond donors (Lipinski definition) is 0. The molecule has 0 radical (unpaired) electrons. The molecule has 2 heterocycles. The van der Waals surface area contributed by atoms with Crippen LogP contribution in [0.15, 0.2) is 62.8 Å². The number of thioether (sulfide) groups is 1. The zero-order valence-electron chi connectivity index (χ0n) is 15.9. The van der Waals surface area contributed by atoms with Gasteiger partial charge >= 0.3 is 0 Å². The van der Waals surface area contributed by atoms with Gasteiger partial charge in [-0.25, -0.2) is 4.98 Å². The summed E-state index contributed by atoms with van der Waals surface area (Å²) in [5.74, 6) is 2.26. The fraction of sp³-hybridized carbons (Fsp3) is 0.190. The molecule has 148 valence electrons. The average Bonchev–Trinajstić information content (AvgIpc) is 3.35. The molecule has 2 aromatic heterocycles. The van der Waals surface area contributed by atoms with Gasteiger partial charge in [-0.2, -0.15) is 0 Å². The van der Waals surface area contributed by atoms with E-state index in [0.717, 1.165) is 16.8 Å². The van der Waals surface area contributed by atoms with Crippen molar-refractivity contribution in [1.29, 1.82) is 0 Å². The zero-order valence-corrected chi connectivity index (χ0v) is 17.5. The predicted octanol–water partition coefficient (Wildman–Crippen LogP) is 5.87. The lowest BCUT2D eigenvalue weighted by atomic mass is 10.1. The summed E-state index contributed by atoms with van der Waals surface area (Å²) in [6.07, 6.45) is 1.66. The molecule has 2 aromatic carbocycles. The van der Waals surface area contributed by atoms with E-state index in [9.17, 15) is 0 Å². The quantitative estimate of drug-likeness (QED) is 0.341. The van der Waals surface area contributed by atoms with Crippen molar-refractivity contribution in [2.24, 2.45) is 0 Å². The Hall–Kier alpha value is -2.77. The number of hydrogen-bond acceptors (Lipinski definition) is 7. The van der Waals surface area contributed by atoms with Gasteiger partial charge < -0.3 is 13.6 Å². The summed E-state index contributed by atoms with van der Waals surface area (Å²) in [5, 5.41) is 9.14. The fourth-order valence-corrected chi connectivity index (χ4v) is 3.50. The molecule has 4 rings (SSSR count). The average molecular weight is 428 g/mol. The molecular formula is C21H18ClN3O3S. The first-order valence-electron chi connectivity index (χ1n) is 8.92. The van der Waals surface area contributed by atoms with Crippen LogP contribution in [0.5, 0.6) is 5.75 Å². The largest absolute Gasteiger partial charge is 0.484 e. The van der Waals surface area contributed by atoms with Gasteiger partial charge in [0.2, 0.25) is 5.89 Å². The highest BCUT2D eigenvalue weighted by Crippen LogP contribution is 2.27. The predicted molar refractivity (Wildman–Crippen MR) is 111 cm³/mol. The molecule has 0 unspecified atom stereocenters. The summed E-state index contributed by atoms with van der Waals surface area (Å²) in [6, 6.07) is 13.3. The lowest BCUT2D eigenvalue weighted by Gasteiger charge is -2.02. The smallest absolute Gasteiger partial charge is 0.277 e. The van der Waals surface area contributed by atoms with Crippen molar-refractivity contribution in [2.45, 2.75) is 31.4 Å². The number of aryl methyl sites for hydroxylation is 2. The SMILES string of the molecule is Cc1ccc(-c2nc(CSc3nnc(COc4ccc(Cl)cc4)o3)co2)c(C)c1. The van der Waals surface area contributed by atoms with Crippen molar-refractivity contribution < 1.29 is 13.6 Å². The third-order valence-electron chi connectivity index (χ3n) is 4.13. The molecule has 0 amide bonds. The van der Waals surface area contributed by atoms with E-state index in [1.54, 1.807) is 30.5 Å². The Kier molecular flexibility index (Phi) is 5.87. The van der Waals surface area contributed by atoms with E-state index in [4.69, 9.17) is 25.2 Å². The Bertz CT molecular complexity index is 1110. The van der Waals surface area contributed by atoms with Crippen LogP contribution in [0.25, 0.3) is 11.5 Å². The molecule has 29 heavy (non-hydrogen) atoms. The Morgan fingerprint density at radius 2 is 1.90 bits per heavy atom. The number of benzene rings is 2. The van der Waals surface area contributed by atoms with Crippen LogP contribution in [0.4, 0.5) is 0 Å². The maximum atomic E-state index is 5.86. The zero-order chi connectivity index (χ0) is 20.2. The van der Waals surface area contributed by atoms with E-state index >= 15 is 0 Å². The lowest BCUT2D eigenvalue weighted by molar-refractivity contribution is 0.252. The van der Waals surface area contributed by atoms with Crippen molar-refractivity contribution in [1.82, 2.24) is 15.2 Å². The Morgan fingerprint density at radius 1 is 1.07 bits per heavy atom. The number of nitrogens with zero attached hydrogens (tertiary/aromatic N) is 3. The van der Waals surface area contributed by atoms with E-state index < -0.39 is 0 Å². The molecular weight excluding hydrogens is 410 g/mol. The topological polar surface area (TPSA) is 74.2 Å². The van der Waals surface area contributed by atoms with Crippen molar-refractivity contribution in [3.63, 3.8) is 0 Å². The van der Waals surface area contributed by atoms with Crippen LogP contribution in [0, 0.1) is 13.8 Å². The molecule has 0 aliphatic rings. The van der Waals surface area contributed by atoms with Gasteiger partial charge in [-0.3, -0.25) is 0 Å². The highest BCUT2D eigenvalue weighted by Gasteiger charge is 2.12. The van der Waals surface area contributed by atoms with Crippen LogP contribution in [-0.2, 0) is 12.4 Å². The third-order valence-corrected chi connectivity index (χ3v) is 5.24. The second kappa shape index (κ2) is 8.71. The van der Waals surface area contributed by atoms with Crippen molar-refractivity contribution in [3.8, 4) is 17.2 Å². The van der Waals surface area contributed by atoms with Crippen LogP contribution >= 0.6 is 23.4 Å². The molecule has 0 atom stereocenters. The first kappa shape index (κ1) is 19.5. The number of oxazole rings is 1. The van der Waals surface area contributed by atoms with E-state index in [2.05, 4.69) is 28.2 Å². The molecule has 0 N–H and O–H groups in total. The Morgan fingerprint density at radius 3 is 2.69 bits per heavy atom. The van der Waals surface area contributed by atoms with Gasteiger partial charge in [-0.05, 0) is 49.7 Å². The number of aromatic nitrogens is 3. The molecule has 8 heteroatoms. The van der Waals surface area contributed by atoms with E-state index in [-0.39, 0.29) is 6.61 Å². The van der Waals surface area contributed by atoms with Gasteiger partial charge in [0.05, 0.1) is 5.69 Å². The molecule has 0 saturated heterocycles. The van der Waals surface area contributed by atoms with Crippen LogP contribution in [0.1, 0.15) is 22.7 Å². The fourth-order valence-electron chi connectivity index (χ4n) is 2.72. The highest BCUT2D eigenvalue weighted by atomic mass is 35.5. The van der Waals surface area contributed by atoms with Gasteiger partial charge in [0.25, 0.3) is 11.1 Å². The van der Waals surface area contributed by atoms with Crippen LogP contribution in [0.3, 0.4) is 0 Å². The van der Waals surface area contributed by atoms with Gasteiger partial charge in [0.1, 0.15) is 12.0 Å². The van der Waals surface area contributed by atoms with Crippen LogP contribution in [-0.4, -0.2) is 15.2 Å². The van der Waals surface area contributed by atoms with Crippen molar-refractivity contribution in [2.75, 3.05) is 0 Å². The Labute approximate surface area is 177 Å². The molecule has 0 saturated carbocycles. The highest BCUT2D eigenvalue weighted by molar-refractivity contribution is 7.98. The first-order valence-corrected chi connectivity index (χ1v) is 10.3. The summed E-state index contributed by atoms with van der Waals surface area (Å²) < 4.78 is 16.8. The van der Waals surface area contributed by atoms with Crippen molar-refractivity contribution in [3.05, 3.63) is 76.5 Å². The number of rotatable bonds is 7. The van der Waals surface area contributed by atoms with Crippen molar-refractivity contribution >= 4 is 23.4 Å². The van der Waals surface area contributed by atoms with Gasteiger partial charge in [0.15, 0.2) is 6.61 Å². The van der Waals surface area contributed by atoms with Crippen LogP contribution < -0.4 is 4.74 Å². The molecule has 0 aliphatic carbocycles. The van der Waals surface area contributed by atoms with E-state index in [1.807, 2.05) is 19.1 Å². The third kappa shape index (κ3) is 4.99. The summed E-state index contributed by atoms with van der Waals surface area (Å²) >= 11 is 7.25. The summed E-state index contributed by atoms with van der Waals surface area (Å²) in [6.45, 7) is 4.30. The molecule has 4 aromatic rings. The Balaban J connectivity index is 1.33. The minimum atomic E-state index is 0.190. The molecule has 6 nitrogen and oxygen atoms in total. The number of halogens is 1.